The van der Waals surface area contributed by atoms with E-state index in [1.807, 2.05) is 0 Å². The van der Waals surface area contributed by atoms with Gasteiger partial charge in [0.2, 0.25) is 0 Å². The van der Waals surface area contributed by atoms with E-state index < -0.39 is 11.9 Å². The van der Waals surface area contributed by atoms with Crippen LogP contribution in [0.1, 0.15) is 21.7 Å². The first kappa shape index (κ1) is 17.4. The first-order chi connectivity index (χ1) is 13.4. The minimum absolute atomic E-state index is 0.174. The van der Waals surface area contributed by atoms with Crippen molar-refractivity contribution in [3.05, 3.63) is 64.1 Å². The Labute approximate surface area is 157 Å². The molecule has 9 nitrogen and oxygen atoms in total. The number of fused-ring (bicyclic) bond motifs is 3. The van der Waals surface area contributed by atoms with Crippen molar-refractivity contribution in [1.29, 1.82) is 0 Å². The first-order valence-corrected chi connectivity index (χ1v) is 8.40. The highest BCUT2D eigenvalue weighted by Gasteiger charge is 2.15. The van der Waals surface area contributed by atoms with Gasteiger partial charge in [-0.05, 0) is 30.7 Å². The molecule has 3 aromatic heterocycles. The largest absolute Gasteiger partial charge is 0.481 e. The maximum atomic E-state index is 12.4. The third-order valence-electron chi connectivity index (χ3n) is 4.34. The molecular formula is C19H15N5O4. The van der Waals surface area contributed by atoms with Crippen molar-refractivity contribution in [2.24, 2.45) is 0 Å². The second-order valence-corrected chi connectivity index (χ2v) is 6.35. The van der Waals surface area contributed by atoms with Crippen LogP contribution in [0.5, 0.6) is 0 Å². The van der Waals surface area contributed by atoms with Crippen LogP contribution >= 0.6 is 0 Å². The fraction of sp³-hybridized carbons (Fsp3) is 0.105. The Morgan fingerprint density at radius 1 is 1.21 bits per heavy atom. The van der Waals surface area contributed by atoms with Crippen LogP contribution in [0.25, 0.3) is 21.8 Å². The van der Waals surface area contributed by atoms with Gasteiger partial charge in [-0.2, -0.15) is 0 Å². The number of carboxylic acids is 1. The van der Waals surface area contributed by atoms with Crippen LogP contribution in [-0.4, -0.2) is 36.9 Å². The maximum absolute atomic E-state index is 12.4. The highest BCUT2D eigenvalue weighted by atomic mass is 16.4. The molecule has 0 saturated heterocycles. The van der Waals surface area contributed by atoms with Crippen molar-refractivity contribution in [3.63, 3.8) is 0 Å². The van der Waals surface area contributed by atoms with Crippen molar-refractivity contribution < 1.29 is 14.7 Å². The van der Waals surface area contributed by atoms with Crippen molar-refractivity contribution in [2.45, 2.75) is 13.3 Å². The maximum Gasteiger partial charge on any atom is 0.307 e. The molecule has 3 heterocycles. The summed E-state index contributed by atoms with van der Waals surface area (Å²) >= 11 is 0. The number of pyridine rings is 1. The van der Waals surface area contributed by atoms with Gasteiger partial charge in [0, 0.05) is 34.4 Å². The number of amides is 1. The Hall–Kier alpha value is -4.01. The number of hydrogen-bond donors (Lipinski definition) is 4. The van der Waals surface area contributed by atoms with Gasteiger partial charge in [0.15, 0.2) is 0 Å². The molecule has 4 aromatic rings. The average molecular weight is 377 g/mol. The Balaban J connectivity index is 1.79. The fourth-order valence-electron chi connectivity index (χ4n) is 3.08. The van der Waals surface area contributed by atoms with Gasteiger partial charge in [0.1, 0.15) is 11.2 Å². The lowest BCUT2D eigenvalue weighted by Crippen LogP contribution is -2.14. The number of aryl methyl sites for hydroxylation is 1. The number of carbonyl (C=O) groups excluding carboxylic acids is 1. The van der Waals surface area contributed by atoms with Crippen LogP contribution in [0.4, 0.5) is 5.69 Å². The number of benzene rings is 1. The minimum atomic E-state index is -1.01. The Bertz CT molecular complexity index is 1290. The van der Waals surface area contributed by atoms with Crippen LogP contribution in [0.3, 0.4) is 0 Å². The monoisotopic (exact) mass is 377 g/mol. The SMILES string of the molecule is Cc1cnc(C(=O)Nc2ccc3[nH]c4c(=O)[nH]cc(CC(=O)O)c4c3c2)cn1. The summed E-state index contributed by atoms with van der Waals surface area (Å²) < 4.78 is 0. The summed E-state index contributed by atoms with van der Waals surface area (Å²) in [5, 5.41) is 13.1. The summed E-state index contributed by atoms with van der Waals surface area (Å²) in [6, 6.07) is 5.09. The van der Waals surface area contributed by atoms with Gasteiger partial charge < -0.3 is 20.4 Å². The zero-order chi connectivity index (χ0) is 19.8. The quantitative estimate of drug-likeness (QED) is 0.429. The standard InChI is InChI=1S/C19H15N5O4/c1-9-6-21-14(8-20-9)18(27)23-11-2-3-13-12(5-11)16-10(4-15(25)26)7-22-19(28)17(16)24-13/h2-3,5-8,24H,4H2,1H3,(H,22,28)(H,23,27)(H,25,26). The third-order valence-corrected chi connectivity index (χ3v) is 4.34. The molecule has 0 bridgehead atoms. The molecule has 28 heavy (non-hydrogen) atoms. The van der Waals surface area contributed by atoms with Crippen LogP contribution in [0, 0.1) is 6.92 Å². The van der Waals surface area contributed by atoms with E-state index in [2.05, 4.69) is 25.3 Å². The first-order valence-electron chi connectivity index (χ1n) is 8.40. The number of aromatic nitrogens is 4. The van der Waals surface area contributed by atoms with E-state index in [9.17, 15) is 14.4 Å². The number of anilines is 1. The number of hydrogen-bond acceptors (Lipinski definition) is 5. The summed E-state index contributed by atoms with van der Waals surface area (Å²) in [5.41, 5.74) is 2.44. The molecule has 0 aliphatic heterocycles. The Morgan fingerprint density at radius 2 is 2.04 bits per heavy atom. The average Bonchev–Trinajstić information content (AvgIpc) is 3.04. The number of nitrogens with zero attached hydrogens (tertiary/aromatic N) is 2. The molecular weight excluding hydrogens is 362 g/mol. The smallest absolute Gasteiger partial charge is 0.307 e. The van der Waals surface area contributed by atoms with E-state index in [0.717, 1.165) is 0 Å². The third kappa shape index (κ3) is 3.09. The second kappa shape index (κ2) is 6.62. The number of aromatic amines is 2. The fourth-order valence-corrected chi connectivity index (χ4v) is 3.08. The highest BCUT2D eigenvalue weighted by Crippen LogP contribution is 2.29. The minimum Gasteiger partial charge on any atom is -0.481 e. The molecule has 4 rings (SSSR count). The Morgan fingerprint density at radius 3 is 2.75 bits per heavy atom. The number of H-pyrrole nitrogens is 2. The zero-order valence-corrected chi connectivity index (χ0v) is 14.7. The van der Waals surface area contributed by atoms with E-state index in [1.165, 1.54) is 18.6 Å². The predicted molar refractivity (Wildman–Crippen MR) is 102 cm³/mol. The molecule has 140 valence electrons. The highest BCUT2D eigenvalue weighted by molar-refractivity contribution is 6.11. The van der Waals surface area contributed by atoms with Gasteiger partial charge in [0.25, 0.3) is 11.5 Å². The van der Waals surface area contributed by atoms with Crippen LogP contribution in [0.2, 0.25) is 0 Å². The molecule has 9 heteroatoms. The van der Waals surface area contributed by atoms with Gasteiger partial charge in [-0.1, -0.05) is 0 Å². The summed E-state index contributed by atoms with van der Waals surface area (Å²) in [7, 11) is 0. The van der Waals surface area contributed by atoms with Crippen LogP contribution in [0.15, 0.2) is 41.6 Å². The number of carbonyl (C=O) groups is 2. The zero-order valence-electron chi connectivity index (χ0n) is 14.7. The summed E-state index contributed by atoms with van der Waals surface area (Å²) in [6.07, 6.45) is 4.05. The number of rotatable bonds is 4. The number of carboxylic acid groups (broad SMARTS) is 1. The van der Waals surface area contributed by atoms with Gasteiger partial charge in [-0.3, -0.25) is 19.4 Å². The van der Waals surface area contributed by atoms with Gasteiger partial charge in [0.05, 0.1) is 18.3 Å². The lowest BCUT2D eigenvalue weighted by molar-refractivity contribution is -0.136. The van der Waals surface area contributed by atoms with Crippen LogP contribution in [-0.2, 0) is 11.2 Å². The van der Waals surface area contributed by atoms with Crippen molar-refractivity contribution in [1.82, 2.24) is 19.9 Å². The molecule has 0 aliphatic rings. The number of aliphatic carboxylic acids is 1. The van der Waals surface area contributed by atoms with Crippen molar-refractivity contribution >= 4 is 39.4 Å². The molecule has 1 amide bonds. The predicted octanol–water partition coefficient (Wildman–Crippen LogP) is 1.99. The molecule has 0 spiro atoms. The van der Waals surface area contributed by atoms with Crippen molar-refractivity contribution in [2.75, 3.05) is 5.32 Å². The molecule has 0 aliphatic carbocycles. The molecule has 0 saturated carbocycles. The molecule has 0 unspecified atom stereocenters. The summed E-state index contributed by atoms with van der Waals surface area (Å²) in [5.74, 6) is -1.43. The lowest BCUT2D eigenvalue weighted by atomic mass is 10.1. The molecule has 0 fully saturated rings. The molecule has 4 N–H and O–H groups in total. The van der Waals surface area contributed by atoms with Gasteiger partial charge >= 0.3 is 5.97 Å². The van der Waals surface area contributed by atoms with E-state index >= 15 is 0 Å². The summed E-state index contributed by atoms with van der Waals surface area (Å²) in [6.45, 7) is 1.77. The van der Waals surface area contributed by atoms with E-state index in [0.29, 0.717) is 38.8 Å². The second-order valence-electron chi connectivity index (χ2n) is 6.35. The molecule has 0 radical (unpaired) electrons. The summed E-state index contributed by atoms with van der Waals surface area (Å²) in [4.78, 5) is 49.3. The van der Waals surface area contributed by atoms with Gasteiger partial charge in [-0.25, -0.2) is 4.98 Å². The van der Waals surface area contributed by atoms with Crippen molar-refractivity contribution in [3.8, 4) is 0 Å². The molecule has 1 aromatic carbocycles. The molecule has 0 atom stereocenters. The topological polar surface area (TPSA) is 141 Å². The number of nitrogens with one attached hydrogen (secondary N) is 3. The Kier molecular flexibility index (Phi) is 4.11. The van der Waals surface area contributed by atoms with Gasteiger partial charge in [-0.15, -0.1) is 0 Å². The normalized spacial score (nSPS) is 11.0. The van der Waals surface area contributed by atoms with Crippen LogP contribution < -0.4 is 10.9 Å². The van der Waals surface area contributed by atoms with E-state index in [1.54, 1.807) is 25.1 Å². The van der Waals surface area contributed by atoms with E-state index in [4.69, 9.17) is 5.11 Å². The van der Waals surface area contributed by atoms with E-state index in [-0.39, 0.29) is 17.7 Å². The lowest BCUT2D eigenvalue weighted by Gasteiger charge is -2.06.